The number of rotatable bonds is 6. The van der Waals surface area contributed by atoms with Crippen LogP contribution in [0, 0.1) is 10.1 Å². The van der Waals surface area contributed by atoms with Gasteiger partial charge in [0.1, 0.15) is 5.75 Å². The lowest BCUT2D eigenvalue weighted by Gasteiger charge is -2.10. The Hall–Kier alpha value is -4.27. The number of anilines is 2. The molecule has 1 aromatic heterocycles. The molecule has 0 aliphatic rings. The maximum atomic E-state index is 12.5. The molecule has 3 rings (SSSR count). The Morgan fingerprint density at radius 2 is 1.72 bits per heavy atom. The van der Waals surface area contributed by atoms with Crippen LogP contribution in [-0.2, 0) is 0 Å². The van der Waals surface area contributed by atoms with E-state index in [0.29, 0.717) is 16.9 Å². The van der Waals surface area contributed by atoms with Crippen molar-refractivity contribution in [2.75, 3.05) is 17.7 Å². The average Bonchev–Trinajstić information content (AvgIpc) is 2.74. The number of nitrogens with one attached hydrogen (secondary N) is 2. The highest BCUT2D eigenvalue weighted by molar-refractivity contribution is 6.07. The molecule has 0 atom stereocenters. The third-order valence-corrected chi connectivity index (χ3v) is 3.96. The summed E-state index contributed by atoms with van der Waals surface area (Å²) in [5, 5.41) is 16.3. The number of methoxy groups -OCH3 is 1. The fourth-order valence-electron chi connectivity index (χ4n) is 2.53. The molecule has 0 fully saturated rings. The van der Waals surface area contributed by atoms with Gasteiger partial charge in [0.05, 0.1) is 29.5 Å². The van der Waals surface area contributed by atoms with Crippen molar-refractivity contribution in [1.82, 2.24) is 4.98 Å². The molecular formula is C20H16N4O5. The molecule has 0 saturated heterocycles. The largest absolute Gasteiger partial charge is 0.496 e. The maximum absolute atomic E-state index is 12.5. The number of carbonyl (C=O) groups excluding carboxylic acids is 2. The summed E-state index contributed by atoms with van der Waals surface area (Å²) in [6.07, 6.45) is 3.13. The minimum absolute atomic E-state index is 0.0279. The van der Waals surface area contributed by atoms with E-state index in [1.54, 1.807) is 42.6 Å². The highest BCUT2D eigenvalue weighted by atomic mass is 16.6. The first-order valence-corrected chi connectivity index (χ1v) is 8.43. The van der Waals surface area contributed by atoms with Crippen LogP contribution in [0.2, 0.25) is 0 Å². The van der Waals surface area contributed by atoms with Gasteiger partial charge in [-0.25, -0.2) is 0 Å². The molecule has 0 spiro atoms. The van der Waals surface area contributed by atoms with E-state index in [1.807, 2.05) is 0 Å². The van der Waals surface area contributed by atoms with Gasteiger partial charge in [-0.05, 0) is 42.5 Å². The molecule has 0 aliphatic carbocycles. The fourth-order valence-corrected chi connectivity index (χ4v) is 2.53. The zero-order chi connectivity index (χ0) is 20.8. The number of amides is 2. The second-order valence-electron chi connectivity index (χ2n) is 5.87. The summed E-state index contributed by atoms with van der Waals surface area (Å²) >= 11 is 0. The average molecular weight is 392 g/mol. The molecule has 0 bridgehead atoms. The van der Waals surface area contributed by atoms with Gasteiger partial charge in [-0.15, -0.1) is 0 Å². The summed E-state index contributed by atoms with van der Waals surface area (Å²) in [6.45, 7) is 0. The summed E-state index contributed by atoms with van der Waals surface area (Å²) in [7, 11) is 1.37. The molecule has 2 N–H and O–H groups in total. The van der Waals surface area contributed by atoms with Crippen molar-refractivity contribution >= 4 is 28.9 Å². The Morgan fingerprint density at radius 1 is 1.00 bits per heavy atom. The first kappa shape index (κ1) is 19.5. The van der Waals surface area contributed by atoms with E-state index in [9.17, 15) is 19.7 Å². The normalized spacial score (nSPS) is 10.1. The second kappa shape index (κ2) is 8.61. The van der Waals surface area contributed by atoms with Gasteiger partial charge in [0, 0.05) is 29.6 Å². The molecule has 0 unspecified atom stereocenters. The van der Waals surface area contributed by atoms with Crippen molar-refractivity contribution in [2.24, 2.45) is 0 Å². The van der Waals surface area contributed by atoms with Crippen molar-refractivity contribution in [2.45, 2.75) is 0 Å². The number of benzene rings is 2. The third kappa shape index (κ3) is 4.72. The summed E-state index contributed by atoms with van der Waals surface area (Å²) < 4.78 is 5.10. The minimum atomic E-state index is -0.591. The number of non-ortho nitro benzene ring substituents is 1. The molecule has 9 nitrogen and oxygen atoms in total. The van der Waals surface area contributed by atoms with Crippen molar-refractivity contribution in [3.8, 4) is 5.75 Å². The van der Waals surface area contributed by atoms with Crippen LogP contribution in [0.15, 0.2) is 67.0 Å². The number of hydrogen-bond acceptors (Lipinski definition) is 6. The highest BCUT2D eigenvalue weighted by Gasteiger charge is 2.18. The van der Waals surface area contributed by atoms with Crippen LogP contribution in [0.25, 0.3) is 0 Å². The molecule has 0 aliphatic heterocycles. The molecular weight excluding hydrogens is 376 g/mol. The predicted octanol–water partition coefficient (Wildman–Crippen LogP) is 3.50. The lowest BCUT2D eigenvalue weighted by Crippen LogP contribution is -2.14. The first-order valence-electron chi connectivity index (χ1n) is 8.43. The van der Waals surface area contributed by atoms with Crippen molar-refractivity contribution in [1.29, 1.82) is 0 Å². The molecule has 146 valence electrons. The van der Waals surface area contributed by atoms with Gasteiger partial charge in [-0.2, -0.15) is 0 Å². The van der Waals surface area contributed by atoms with Crippen molar-refractivity contribution < 1.29 is 19.2 Å². The van der Waals surface area contributed by atoms with E-state index >= 15 is 0 Å². The number of nitro groups is 1. The lowest BCUT2D eigenvalue weighted by molar-refractivity contribution is -0.384. The summed E-state index contributed by atoms with van der Waals surface area (Å²) in [4.78, 5) is 39.1. The van der Waals surface area contributed by atoms with Crippen molar-refractivity contribution in [3.05, 3.63) is 88.2 Å². The smallest absolute Gasteiger partial charge is 0.270 e. The van der Waals surface area contributed by atoms with E-state index in [2.05, 4.69) is 15.6 Å². The number of hydrogen-bond donors (Lipinski definition) is 2. The number of pyridine rings is 1. The fraction of sp³-hybridized carbons (Fsp3) is 0.0500. The first-order chi connectivity index (χ1) is 14.0. The predicted molar refractivity (Wildman–Crippen MR) is 106 cm³/mol. The Balaban J connectivity index is 1.73. The van der Waals surface area contributed by atoms with Gasteiger partial charge < -0.3 is 15.4 Å². The topological polar surface area (TPSA) is 123 Å². The molecule has 1 heterocycles. The minimum Gasteiger partial charge on any atom is -0.496 e. The maximum Gasteiger partial charge on any atom is 0.270 e. The van der Waals surface area contributed by atoms with E-state index in [4.69, 9.17) is 4.74 Å². The van der Waals surface area contributed by atoms with Gasteiger partial charge >= 0.3 is 0 Å². The Morgan fingerprint density at radius 3 is 2.34 bits per heavy atom. The van der Waals surface area contributed by atoms with Gasteiger partial charge in [-0.3, -0.25) is 24.7 Å². The van der Waals surface area contributed by atoms with E-state index in [0.717, 1.165) is 6.07 Å². The SMILES string of the molecule is COc1ccc([N+](=O)[O-])cc1C(=O)Nc1ccc(C(=O)Nc2cccnc2)cc1. The highest BCUT2D eigenvalue weighted by Crippen LogP contribution is 2.25. The van der Waals surface area contributed by atoms with Gasteiger partial charge in [0.2, 0.25) is 0 Å². The van der Waals surface area contributed by atoms with Crippen LogP contribution in [0.3, 0.4) is 0 Å². The van der Waals surface area contributed by atoms with Gasteiger partial charge in [0.25, 0.3) is 17.5 Å². The number of carbonyl (C=O) groups is 2. The van der Waals surface area contributed by atoms with Crippen LogP contribution in [0.1, 0.15) is 20.7 Å². The van der Waals surface area contributed by atoms with E-state index in [1.165, 1.54) is 25.4 Å². The standard InChI is InChI=1S/C20H16N4O5/c1-29-18-9-8-16(24(27)28)11-17(18)20(26)22-14-6-4-13(5-7-14)19(25)23-15-3-2-10-21-12-15/h2-12H,1H3,(H,22,26)(H,23,25). The molecule has 0 radical (unpaired) electrons. The Kier molecular flexibility index (Phi) is 5.79. The van der Waals surface area contributed by atoms with Gasteiger partial charge in [0.15, 0.2) is 0 Å². The molecule has 2 amide bonds. The number of ether oxygens (including phenoxy) is 1. The van der Waals surface area contributed by atoms with Crippen molar-refractivity contribution in [3.63, 3.8) is 0 Å². The van der Waals surface area contributed by atoms with E-state index < -0.39 is 10.8 Å². The molecule has 0 saturated carbocycles. The van der Waals surface area contributed by atoms with Crippen LogP contribution >= 0.6 is 0 Å². The summed E-state index contributed by atoms with van der Waals surface area (Å²) in [5.74, 6) is -0.685. The summed E-state index contributed by atoms with van der Waals surface area (Å²) in [5.41, 5.74) is 1.17. The van der Waals surface area contributed by atoms with Gasteiger partial charge in [-0.1, -0.05) is 0 Å². The third-order valence-electron chi connectivity index (χ3n) is 3.96. The molecule has 3 aromatic rings. The monoisotopic (exact) mass is 392 g/mol. The number of aromatic nitrogens is 1. The lowest BCUT2D eigenvalue weighted by atomic mass is 10.1. The van der Waals surface area contributed by atoms with E-state index in [-0.39, 0.29) is 22.9 Å². The quantitative estimate of drug-likeness (QED) is 0.489. The summed E-state index contributed by atoms with van der Waals surface area (Å²) in [6, 6.07) is 13.4. The Bertz CT molecular complexity index is 1050. The molecule has 9 heteroatoms. The van der Waals surface area contributed by atoms with Crippen LogP contribution in [0.4, 0.5) is 17.1 Å². The molecule has 2 aromatic carbocycles. The second-order valence-corrected chi connectivity index (χ2v) is 5.87. The zero-order valence-corrected chi connectivity index (χ0v) is 15.3. The van der Waals surface area contributed by atoms with Crippen LogP contribution in [-0.4, -0.2) is 28.8 Å². The number of nitro benzene ring substituents is 1. The molecule has 29 heavy (non-hydrogen) atoms. The van der Waals surface area contributed by atoms with Crippen LogP contribution < -0.4 is 15.4 Å². The Labute approximate surface area is 165 Å². The zero-order valence-electron chi connectivity index (χ0n) is 15.3. The van der Waals surface area contributed by atoms with Crippen LogP contribution in [0.5, 0.6) is 5.75 Å². The number of nitrogens with zero attached hydrogens (tertiary/aromatic N) is 2.